The van der Waals surface area contributed by atoms with E-state index in [0.717, 1.165) is 19.3 Å². The van der Waals surface area contributed by atoms with Crippen LogP contribution >= 0.6 is 0 Å². The highest BCUT2D eigenvalue weighted by molar-refractivity contribution is 5.82. The van der Waals surface area contributed by atoms with Gasteiger partial charge in [-0.2, -0.15) is 0 Å². The Bertz CT molecular complexity index is 169. The van der Waals surface area contributed by atoms with Crippen LogP contribution in [0.25, 0.3) is 0 Å². The first-order valence-electron chi connectivity index (χ1n) is 4.84. The number of rotatable bonds is 2. The predicted octanol–water partition coefficient (Wildman–Crippen LogP) is 2.04. The van der Waals surface area contributed by atoms with Crippen LogP contribution in [0.5, 0.6) is 0 Å². The van der Waals surface area contributed by atoms with Gasteiger partial charge in [0.25, 0.3) is 0 Å². The molecule has 0 spiro atoms. The second kappa shape index (κ2) is 3.46. The van der Waals surface area contributed by atoms with E-state index >= 15 is 0 Å². The molecule has 0 unspecified atom stereocenters. The minimum Gasteiger partial charge on any atom is -0.348 e. The van der Waals surface area contributed by atoms with Crippen molar-refractivity contribution in [3.8, 4) is 0 Å². The number of carbonyl (C=O) groups excluding carboxylic acids is 1. The Balaban J connectivity index is 2.72. The molecule has 2 heteroatoms. The Morgan fingerprint density at radius 3 is 2.17 bits per heavy atom. The smallest absolute Gasteiger partial charge is 0.228 e. The van der Waals surface area contributed by atoms with Gasteiger partial charge in [0.1, 0.15) is 0 Å². The van der Waals surface area contributed by atoms with Crippen molar-refractivity contribution >= 4 is 5.91 Å². The third-order valence-corrected chi connectivity index (χ3v) is 3.10. The summed E-state index contributed by atoms with van der Waals surface area (Å²) < 4.78 is 0. The zero-order valence-electron chi connectivity index (χ0n) is 8.39. The maximum absolute atomic E-state index is 11.8. The van der Waals surface area contributed by atoms with Crippen molar-refractivity contribution in [3.05, 3.63) is 0 Å². The molecule has 0 saturated heterocycles. The van der Waals surface area contributed by atoms with Gasteiger partial charge in [-0.15, -0.1) is 0 Å². The molecule has 0 bridgehead atoms. The molecule has 1 aliphatic rings. The van der Waals surface area contributed by atoms with Crippen molar-refractivity contribution in [2.24, 2.45) is 5.41 Å². The lowest BCUT2D eigenvalue weighted by Gasteiger charge is -2.29. The van der Waals surface area contributed by atoms with Crippen molar-refractivity contribution in [2.75, 3.05) is 14.1 Å². The molecule has 1 fully saturated rings. The summed E-state index contributed by atoms with van der Waals surface area (Å²) in [7, 11) is 3.72. The Labute approximate surface area is 74.9 Å². The maximum Gasteiger partial charge on any atom is 0.228 e. The molecule has 2 nitrogen and oxygen atoms in total. The van der Waals surface area contributed by atoms with Crippen LogP contribution < -0.4 is 0 Å². The highest BCUT2D eigenvalue weighted by Crippen LogP contribution is 2.41. The summed E-state index contributed by atoms with van der Waals surface area (Å²) in [6.07, 6.45) is 5.66. The predicted molar refractivity (Wildman–Crippen MR) is 49.9 cm³/mol. The molecule has 0 N–H and O–H groups in total. The summed E-state index contributed by atoms with van der Waals surface area (Å²) in [5.74, 6) is 0.336. The van der Waals surface area contributed by atoms with Gasteiger partial charge in [-0.25, -0.2) is 0 Å². The molecule has 0 radical (unpaired) electrons. The Hall–Kier alpha value is -0.530. The number of carbonyl (C=O) groups is 1. The SMILES string of the molecule is CCC1(C(=O)N(C)C)CCCC1. The largest absolute Gasteiger partial charge is 0.348 e. The Morgan fingerprint density at radius 2 is 1.83 bits per heavy atom. The van der Waals surface area contributed by atoms with Gasteiger partial charge in [0, 0.05) is 19.5 Å². The van der Waals surface area contributed by atoms with E-state index in [2.05, 4.69) is 6.92 Å². The summed E-state index contributed by atoms with van der Waals surface area (Å²) >= 11 is 0. The first kappa shape index (κ1) is 9.56. The molecule has 70 valence electrons. The lowest BCUT2D eigenvalue weighted by Crippen LogP contribution is -2.37. The van der Waals surface area contributed by atoms with E-state index in [1.807, 2.05) is 14.1 Å². The van der Waals surface area contributed by atoms with Crippen molar-refractivity contribution < 1.29 is 4.79 Å². The lowest BCUT2D eigenvalue weighted by molar-refractivity contribution is -0.139. The minimum absolute atomic E-state index is 0.00347. The average Bonchev–Trinajstić information content (AvgIpc) is 2.52. The maximum atomic E-state index is 11.8. The molecule has 12 heavy (non-hydrogen) atoms. The van der Waals surface area contributed by atoms with Crippen LogP contribution in [0.4, 0.5) is 0 Å². The van der Waals surface area contributed by atoms with E-state index in [-0.39, 0.29) is 5.41 Å². The van der Waals surface area contributed by atoms with Crippen molar-refractivity contribution in [2.45, 2.75) is 39.0 Å². The fourth-order valence-electron chi connectivity index (χ4n) is 2.24. The first-order valence-corrected chi connectivity index (χ1v) is 4.84. The molecule has 1 rings (SSSR count). The molecule has 1 saturated carbocycles. The molecule has 1 aliphatic carbocycles. The summed E-state index contributed by atoms with van der Waals surface area (Å²) in [6, 6.07) is 0. The standard InChI is InChI=1S/C10H19NO/c1-4-10(7-5-6-8-10)9(12)11(2)3/h4-8H2,1-3H3. The number of amides is 1. The van der Waals surface area contributed by atoms with E-state index in [1.165, 1.54) is 12.8 Å². The molecule has 0 atom stereocenters. The summed E-state index contributed by atoms with van der Waals surface area (Å²) in [5, 5.41) is 0. The van der Waals surface area contributed by atoms with E-state index < -0.39 is 0 Å². The highest BCUT2D eigenvalue weighted by atomic mass is 16.2. The third-order valence-electron chi connectivity index (χ3n) is 3.10. The highest BCUT2D eigenvalue weighted by Gasteiger charge is 2.39. The van der Waals surface area contributed by atoms with Crippen molar-refractivity contribution in [1.29, 1.82) is 0 Å². The number of hydrogen-bond donors (Lipinski definition) is 0. The molecule has 0 aliphatic heterocycles. The van der Waals surface area contributed by atoms with Crippen molar-refractivity contribution in [1.82, 2.24) is 4.90 Å². The lowest BCUT2D eigenvalue weighted by atomic mass is 9.82. The van der Waals surface area contributed by atoms with Crippen LogP contribution in [0.3, 0.4) is 0 Å². The van der Waals surface area contributed by atoms with E-state index in [0.29, 0.717) is 5.91 Å². The summed E-state index contributed by atoms with van der Waals surface area (Å²) in [4.78, 5) is 13.6. The van der Waals surface area contributed by atoms with Crippen LogP contribution in [0.15, 0.2) is 0 Å². The van der Waals surface area contributed by atoms with Crippen LogP contribution in [-0.4, -0.2) is 24.9 Å². The zero-order chi connectivity index (χ0) is 9.19. The molecule has 0 aromatic heterocycles. The normalized spacial score (nSPS) is 20.9. The topological polar surface area (TPSA) is 20.3 Å². The fraction of sp³-hybridized carbons (Fsp3) is 0.900. The monoisotopic (exact) mass is 169 g/mol. The van der Waals surface area contributed by atoms with Gasteiger partial charge >= 0.3 is 0 Å². The van der Waals surface area contributed by atoms with Gasteiger partial charge in [-0.1, -0.05) is 19.8 Å². The fourth-order valence-corrected chi connectivity index (χ4v) is 2.24. The van der Waals surface area contributed by atoms with Gasteiger partial charge in [0.2, 0.25) is 5.91 Å². The number of hydrogen-bond acceptors (Lipinski definition) is 1. The van der Waals surface area contributed by atoms with Gasteiger partial charge in [-0.3, -0.25) is 4.79 Å². The van der Waals surface area contributed by atoms with Crippen LogP contribution in [0.1, 0.15) is 39.0 Å². The van der Waals surface area contributed by atoms with E-state index in [9.17, 15) is 4.79 Å². The van der Waals surface area contributed by atoms with Gasteiger partial charge in [0.15, 0.2) is 0 Å². The van der Waals surface area contributed by atoms with Crippen LogP contribution in [0, 0.1) is 5.41 Å². The average molecular weight is 169 g/mol. The Morgan fingerprint density at radius 1 is 1.33 bits per heavy atom. The minimum atomic E-state index is 0.00347. The van der Waals surface area contributed by atoms with E-state index in [4.69, 9.17) is 0 Å². The van der Waals surface area contributed by atoms with Crippen LogP contribution in [0.2, 0.25) is 0 Å². The molecule has 0 aromatic carbocycles. The van der Waals surface area contributed by atoms with E-state index in [1.54, 1.807) is 4.90 Å². The Kier molecular flexibility index (Phi) is 2.76. The molecule has 0 heterocycles. The quantitative estimate of drug-likeness (QED) is 0.619. The summed E-state index contributed by atoms with van der Waals surface area (Å²) in [5.41, 5.74) is 0.00347. The molecular formula is C10H19NO. The van der Waals surface area contributed by atoms with Gasteiger partial charge in [0.05, 0.1) is 0 Å². The van der Waals surface area contributed by atoms with Crippen molar-refractivity contribution in [3.63, 3.8) is 0 Å². The first-order chi connectivity index (χ1) is 5.62. The summed E-state index contributed by atoms with van der Waals surface area (Å²) in [6.45, 7) is 2.13. The molecular weight excluding hydrogens is 150 g/mol. The number of nitrogens with zero attached hydrogens (tertiary/aromatic N) is 1. The second-order valence-electron chi connectivity index (χ2n) is 4.04. The van der Waals surface area contributed by atoms with Crippen LogP contribution in [-0.2, 0) is 4.79 Å². The van der Waals surface area contributed by atoms with Gasteiger partial charge in [-0.05, 0) is 19.3 Å². The molecule has 0 aromatic rings. The second-order valence-corrected chi connectivity index (χ2v) is 4.04. The van der Waals surface area contributed by atoms with Gasteiger partial charge < -0.3 is 4.90 Å². The molecule has 1 amide bonds. The third kappa shape index (κ3) is 1.47. The zero-order valence-corrected chi connectivity index (χ0v) is 8.39.